The van der Waals surface area contributed by atoms with Crippen molar-refractivity contribution in [3.63, 3.8) is 0 Å². The summed E-state index contributed by atoms with van der Waals surface area (Å²) in [6, 6.07) is -0.839. The highest BCUT2D eigenvalue weighted by Gasteiger charge is 2.29. The van der Waals surface area contributed by atoms with Crippen molar-refractivity contribution < 1.29 is 19.1 Å². The van der Waals surface area contributed by atoms with Gasteiger partial charge < -0.3 is 21.1 Å². The Balaban J connectivity index is 4.44. The predicted octanol–water partition coefficient (Wildman–Crippen LogP) is 0.280. The first-order valence-corrected chi connectivity index (χ1v) is 5.96. The van der Waals surface area contributed by atoms with E-state index in [1.807, 2.05) is 0 Å². The number of nitrogens with two attached hydrogens (primary N) is 1. The lowest BCUT2D eigenvalue weighted by Gasteiger charge is -2.25. The molecule has 0 aromatic rings. The van der Waals surface area contributed by atoms with Gasteiger partial charge in [-0.25, -0.2) is 4.79 Å². The molecule has 7 nitrogen and oxygen atoms in total. The molecule has 1 atom stereocenters. The third-order valence-electron chi connectivity index (χ3n) is 2.18. The van der Waals surface area contributed by atoms with E-state index in [-0.39, 0.29) is 0 Å². The molecule has 0 spiro atoms. The molecule has 0 saturated carbocycles. The fraction of sp³-hybridized carbons (Fsp3) is 0.750. The van der Waals surface area contributed by atoms with Gasteiger partial charge in [-0.3, -0.25) is 9.59 Å². The standard InChI is InChI=1S/C12H23N3O4/c1-7(14-10(18)19-11(2,3)4)8(16)15-12(5,6)9(13)17/h7H,1-6H3,(H2,13,17)(H,14,18)(H,15,16)/t7-/m1/s1. The second kappa shape index (κ2) is 5.90. The molecule has 0 aliphatic heterocycles. The van der Waals surface area contributed by atoms with Gasteiger partial charge >= 0.3 is 6.09 Å². The monoisotopic (exact) mass is 273 g/mol. The van der Waals surface area contributed by atoms with Crippen LogP contribution in [-0.2, 0) is 14.3 Å². The number of hydrogen-bond donors (Lipinski definition) is 3. The van der Waals surface area contributed by atoms with Gasteiger partial charge in [-0.1, -0.05) is 0 Å². The summed E-state index contributed by atoms with van der Waals surface area (Å²) < 4.78 is 5.01. The number of amides is 3. The Kier molecular flexibility index (Phi) is 5.34. The van der Waals surface area contributed by atoms with E-state index in [0.29, 0.717) is 0 Å². The highest BCUT2D eigenvalue weighted by Crippen LogP contribution is 2.07. The summed E-state index contributed by atoms with van der Waals surface area (Å²) >= 11 is 0. The third-order valence-corrected chi connectivity index (χ3v) is 2.18. The molecule has 4 N–H and O–H groups in total. The number of primary amides is 1. The van der Waals surface area contributed by atoms with Crippen LogP contribution in [0, 0.1) is 0 Å². The van der Waals surface area contributed by atoms with E-state index >= 15 is 0 Å². The van der Waals surface area contributed by atoms with Crippen molar-refractivity contribution in [3.8, 4) is 0 Å². The lowest BCUT2D eigenvalue weighted by atomic mass is 10.0. The summed E-state index contributed by atoms with van der Waals surface area (Å²) in [5.41, 5.74) is 3.31. The minimum atomic E-state index is -1.18. The van der Waals surface area contributed by atoms with Gasteiger partial charge in [0.15, 0.2) is 0 Å². The van der Waals surface area contributed by atoms with Gasteiger partial charge in [0, 0.05) is 0 Å². The van der Waals surface area contributed by atoms with Crippen LogP contribution in [0.3, 0.4) is 0 Å². The van der Waals surface area contributed by atoms with E-state index in [1.54, 1.807) is 20.8 Å². The molecule has 110 valence electrons. The second-order valence-corrected chi connectivity index (χ2v) is 5.85. The van der Waals surface area contributed by atoms with E-state index in [9.17, 15) is 14.4 Å². The number of ether oxygens (including phenoxy) is 1. The van der Waals surface area contributed by atoms with E-state index in [1.165, 1.54) is 20.8 Å². The molecule has 0 radical (unpaired) electrons. The van der Waals surface area contributed by atoms with Gasteiger partial charge in [0.2, 0.25) is 11.8 Å². The lowest BCUT2D eigenvalue weighted by molar-refractivity contribution is -0.131. The molecule has 0 aliphatic rings. The van der Waals surface area contributed by atoms with Crippen LogP contribution in [0.25, 0.3) is 0 Å². The summed E-state index contributed by atoms with van der Waals surface area (Å²) in [4.78, 5) is 34.3. The molecular formula is C12H23N3O4. The van der Waals surface area contributed by atoms with E-state index in [2.05, 4.69) is 10.6 Å². The van der Waals surface area contributed by atoms with Crippen molar-refractivity contribution in [1.29, 1.82) is 0 Å². The zero-order valence-corrected chi connectivity index (χ0v) is 12.3. The first kappa shape index (κ1) is 17.2. The van der Waals surface area contributed by atoms with Crippen LogP contribution in [0.2, 0.25) is 0 Å². The maximum atomic E-state index is 11.8. The van der Waals surface area contributed by atoms with Crippen molar-refractivity contribution in [3.05, 3.63) is 0 Å². The quantitative estimate of drug-likeness (QED) is 0.683. The van der Waals surface area contributed by atoms with E-state index < -0.39 is 35.1 Å². The number of carbonyl (C=O) groups is 3. The Hall–Kier alpha value is -1.79. The normalized spacial score (nSPS) is 13.4. The Morgan fingerprint density at radius 1 is 1.11 bits per heavy atom. The fourth-order valence-corrected chi connectivity index (χ4v) is 1.03. The van der Waals surface area contributed by atoms with Crippen LogP contribution in [0.1, 0.15) is 41.5 Å². The molecule has 19 heavy (non-hydrogen) atoms. The second-order valence-electron chi connectivity index (χ2n) is 5.85. The van der Waals surface area contributed by atoms with Crippen LogP contribution in [-0.4, -0.2) is 35.1 Å². The predicted molar refractivity (Wildman–Crippen MR) is 70.2 cm³/mol. The minimum Gasteiger partial charge on any atom is -0.444 e. The Morgan fingerprint density at radius 3 is 1.95 bits per heavy atom. The Labute approximate surface area is 113 Å². The van der Waals surface area contributed by atoms with Gasteiger partial charge in [0.05, 0.1) is 0 Å². The minimum absolute atomic E-state index is 0.519. The van der Waals surface area contributed by atoms with E-state index in [0.717, 1.165) is 0 Å². The molecule has 0 unspecified atom stereocenters. The van der Waals surface area contributed by atoms with Gasteiger partial charge in [0.1, 0.15) is 17.2 Å². The largest absolute Gasteiger partial charge is 0.444 e. The van der Waals surface area contributed by atoms with Crippen LogP contribution >= 0.6 is 0 Å². The van der Waals surface area contributed by atoms with Crippen molar-refractivity contribution in [1.82, 2.24) is 10.6 Å². The van der Waals surface area contributed by atoms with Gasteiger partial charge in [0.25, 0.3) is 0 Å². The lowest BCUT2D eigenvalue weighted by Crippen LogP contribution is -2.57. The number of nitrogens with one attached hydrogen (secondary N) is 2. The van der Waals surface area contributed by atoms with Gasteiger partial charge in [-0.15, -0.1) is 0 Å². The van der Waals surface area contributed by atoms with Crippen molar-refractivity contribution in [2.45, 2.75) is 58.7 Å². The van der Waals surface area contributed by atoms with Crippen LogP contribution in [0.5, 0.6) is 0 Å². The van der Waals surface area contributed by atoms with Gasteiger partial charge in [-0.2, -0.15) is 0 Å². The maximum absolute atomic E-state index is 11.8. The number of alkyl carbamates (subject to hydrolysis) is 1. The smallest absolute Gasteiger partial charge is 0.408 e. The molecule has 0 saturated heterocycles. The van der Waals surface area contributed by atoms with Crippen molar-refractivity contribution >= 4 is 17.9 Å². The van der Waals surface area contributed by atoms with Crippen LogP contribution < -0.4 is 16.4 Å². The molecule has 3 amide bonds. The third kappa shape index (κ3) is 6.64. The summed E-state index contributed by atoms with van der Waals surface area (Å²) in [6.45, 7) is 9.59. The number of hydrogen-bond acceptors (Lipinski definition) is 4. The zero-order valence-electron chi connectivity index (χ0n) is 12.3. The molecule has 0 aliphatic carbocycles. The fourth-order valence-electron chi connectivity index (χ4n) is 1.03. The van der Waals surface area contributed by atoms with E-state index in [4.69, 9.17) is 10.5 Å². The van der Waals surface area contributed by atoms with Crippen molar-refractivity contribution in [2.24, 2.45) is 5.73 Å². The molecule has 0 aromatic heterocycles. The average molecular weight is 273 g/mol. The highest BCUT2D eigenvalue weighted by atomic mass is 16.6. The van der Waals surface area contributed by atoms with Crippen LogP contribution in [0.4, 0.5) is 4.79 Å². The van der Waals surface area contributed by atoms with Crippen LogP contribution in [0.15, 0.2) is 0 Å². The Bertz CT molecular complexity index is 372. The first-order valence-electron chi connectivity index (χ1n) is 5.96. The number of rotatable bonds is 4. The maximum Gasteiger partial charge on any atom is 0.408 e. The summed E-state index contributed by atoms with van der Waals surface area (Å²) in [5, 5.41) is 4.81. The summed E-state index contributed by atoms with van der Waals surface area (Å²) in [7, 11) is 0. The SMILES string of the molecule is C[C@@H](NC(=O)OC(C)(C)C)C(=O)NC(C)(C)C(N)=O. The number of carbonyl (C=O) groups excluding carboxylic acids is 3. The summed E-state index contributed by atoms with van der Waals surface area (Å²) in [6.07, 6.45) is -0.702. The molecule has 0 bridgehead atoms. The molecular weight excluding hydrogens is 250 g/mol. The zero-order chi connectivity index (χ0) is 15.4. The average Bonchev–Trinajstić information content (AvgIpc) is 2.12. The first-order chi connectivity index (χ1) is 8.35. The van der Waals surface area contributed by atoms with Crippen molar-refractivity contribution in [2.75, 3.05) is 0 Å². The molecule has 0 rings (SSSR count). The molecule has 0 fully saturated rings. The topological polar surface area (TPSA) is 111 Å². The summed E-state index contributed by atoms with van der Waals surface area (Å²) in [5.74, 6) is -1.18. The molecule has 0 heterocycles. The molecule has 0 aromatic carbocycles. The van der Waals surface area contributed by atoms with Gasteiger partial charge in [-0.05, 0) is 41.5 Å². The molecule has 7 heteroatoms. The Morgan fingerprint density at radius 2 is 1.58 bits per heavy atom. The highest BCUT2D eigenvalue weighted by molar-refractivity contribution is 5.92.